The van der Waals surface area contributed by atoms with Gasteiger partial charge in [-0.1, -0.05) is 80.6 Å². The largest absolute Gasteiger partial charge is 0.506 e. The van der Waals surface area contributed by atoms with E-state index < -0.39 is 0 Å². The highest BCUT2D eigenvalue weighted by molar-refractivity contribution is 7.80. The number of phenolic OH excluding ortho intramolecular Hbond substituents is 1. The fraction of sp³-hybridized carbons (Fsp3) is 0.182. The summed E-state index contributed by atoms with van der Waals surface area (Å²) in [7, 11) is 0. The van der Waals surface area contributed by atoms with Crippen molar-refractivity contribution in [1.82, 2.24) is 0 Å². The second-order valence-electron chi connectivity index (χ2n) is 6.24. The summed E-state index contributed by atoms with van der Waals surface area (Å²) in [5, 5.41) is 10.5. The van der Waals surface area contributed by atoms with Crippen LogP contribution in [0.2, 0.25) is 0 Å². The Morgan fingerprint density at radius 3 is 1.75 bits per heavy atom. The first kappa shape index (κ1) is 16.7. The van der Waals surface area contributed by atoms with Crippen molar-refractivity contribution in [2.24, 2.45) is 0 Å². The zero-order valence-electron chi connectivity index (χ0n) is 14.0. The quantitative estimate of drug-likeness (QED) is 0.562. The Bertz CT molecular complexity index is 812. The zero-order valence-corrected chi connectivity index (χ0v) is 14.9. The highest BCUT2D eigenvalue weighted by atomic mass is 32.1. The van der Waals surface area contributed by atoms with Gasteiger partial charge in [0.2, 0.25) is 0 Å². The molecule has 0 saturated carbocycles. The molecule has 0 bridgehead atoms. The number of hydrogen-bond acceptors (Lipinski definition) is 2. The van der Waals surface area contributed by atoms with E-state index in [9.17, 15) is 5.11 Å². The first-order valence-corrected chi connectivity index (χ1v) is 8.68. The summed E-state index contributed by atoms with van der Waals surface area (Å²) >= 11 is 4.50. The second-order valence-corrected chi connectivity index (χ2v) is 6.72. The third kappa shape index (κ3) is 3.34. The fourth-order valence-electron chi connectivity index (χ4n) is 3.10. The molecular formula is C22H22OS. The lowest BCUT2D eigenvalue weighted by atomic mass is 9.87. The van der Waals surface area contributed by atoms with Crippen LogP contribution in [0.1, 0.15) is 47.9 Å². The number of benzene rings is 3. The van der Waals surface area contributed by atoms with E-state index >= 15 is 0 Å². The van der Waals surface area contributed by atoms with Gasteiger partial charge in [-0.3, -0.25) is 0 Å². The van der Waals surface area contributed by atoms with E-state index in [1.54, 1.807) is 0 Å². The molecule has 0 aliphatic carbocycles. The SMILES string of the molecule is CC(c1ccccc1)c1cc(S)c(O)c(C(C)c2ccccc2)c1. The lowest BCUT2D eigenvalue weighted by molar-refractivity contribution is 0.453. The molecule has 0 heterocycles. The molecule has 3 aromatic carbocycles. The standard InChI is InChI=1S/C22H22OS/c1-15(17-9-5-3-6-10-17)19-13-20(22(23)21(24)14-19)16(2)18-11-7-4-8-12-18/h3-16,23-24H,1-2H3. The smallest absolute Gasteiger partial charge is 0.132 e. The van der Waals surface area contributed by atoms with E-state index in [-0.39, 0.29) is 17.6 Å². The molecule has 1 nitrogen and oxygen atoms in total. The molecule has 0 aliphatic heterocycles. The van der Waals surface area contributed by atoms with Crippen molar-refractivity contribution < 1.29 is 5.11 Å². The minimum absolute atomic E-state index is 0.111. The van der Waals surface area contributed by atoms with Crippen LogP contribution < -0.4 is 0 Å². The molecule has 2 unspecified atom stereocenters. The van der Waals surface area contributed by atoms with Crippen molar-refractivity contribution in [2.75, 3.05) is 0 Å². The van der Waals surface area contributed by atoms with Gasteiger partial charge in [-0.25, -0.2) is 0 Å². The second kappa shape index (κ2) is 7.14. The minimum Gasteiger partial charge on any atom is -0.506 e. The molecule has 0 aromatic heterocycles. The number of phenols is 1. The Kier molecular flexibility index (Phi) is 4.96. The molecule has 3 rings (SSSR count). The molecule has 0 fully saturated rings. The lowest BCUT2D eigenvalue weighted by Crippen LogP contribution is -2.02. The molecule has 2 atom stereocenters. The average Bonchev–Trinajstić information content (AvgIpc) is 2.64. The van der Waals surface area contributed by atoms with Crippen LogP contribution in [0.3, 0.4) is 0 Å². The summed E-state index contributed by atoms with van der Waals surface area (Å²) in [6.07, 6.45) is 0. The third-order valence-electron chi connectivity index (χ3n) is 4.71. The van der Waals surface area contributed by atoms with Crippen LogP contribution in [0, 0.1) is 0 Å². The lowest BCUT2D eigenvalue weighted by Gasteiger charge is -2.20. The van der Waals surface area contributed by atoms with E-state index in [0.717, 1.165) is 5.56 Å². The van der Waals surface area contributed by atoms with Crippen LogP contribution in [0.25, 0.3) is 0 Å². The highest BCUT2D eigenvalue weighted by Gasteiger charge is 2.18. The molecule has 3 aromatic rings. The van der Waals surface area contributed by atoms with E-state index in [4.69, 9.17) is 0 Å². The van der Waals surface area contributed by atoms with Crippen LogP contribution in [0.15, 0.2) is 77.7 Å². The summed E-state index contributed by atoms with van der Waals surface area (Å²) < 4.78 is 0. The molecule has 0 spiro atoms. The monoisotopic (exact) mass is 334 g/mol. The third-order valence-corrected chi connectivity index (χ3v) is 5.05. The van der Waals surface area contributed by atoms with Crippen LogP contribution in [0.5, 0.6) is 5.75 Å². The molecule has 2 heteroatoms. The van der Waals surface area contributed by atoms with Crippen LogP contribution >= 0.6 is 12.6 Å². The Balaban J connectivity index is 2.03. The van der Waals surface area contributed by atoms with Gasteiger partial charge in [-0.15, -0.1) is 12.6 Å². The Morgan fingerprint density at radius 2 is 1.21 bits per heavy atom. The van der Waals surface area contributed by atoms with Gasteiger partial charge in [-0.05, 0) is 22.8 Å². The van der Waals surface area contributed by atoms with Gasteiger partial charge >= 0.3 is 0 Å². The fourth-order valence-corrected chi connectivity index (χ4v) is 3.38. The van der Waals surface area contributed by atoms with Crippen molar-refractivity contribution in [3.05, 3.63) is 95.1 Å². The van der Waals surface area contributed by atoms with Gasteiger partial charge in [0.1, 0.15) is 5.75 Å². The molecule has 0 radical (unpaired) electrons. The van der Waals surface area contributed by atoms with Crippen LogP contribution in [-0.4, -0.2) is 5.11 Å². The summed E-state index contributed by atoms with van der Waals surface area (Å²) in [4.78, 5) is 0.632. The van der Waals surface area contributed by atoms with Crippen molar-refractivity contribution >= 4 is 12.6 Å². The molecule has 0 saturated heterocycles. The normalized spacial score (nSPS) is 13.5. The van der Waals surface area contributed by atoms with Crippen LogP contribution in [-0.2, 0) is 0 Å². The van der Waals surface area contributed by atoms with Gasteiger partial charge in [0.15, 0.2) is 0 Å². The predicted octanol–water partition coefficient (Wildman–Crippen LogP) is 5.98. The summed E-state index contributed by atoms with van der Waals surface area (Å²) in [6.45, 7) is 4.31. The summed E-state index contributed by atoms with van der Waals surface area (Å²) in [5.74, 6) is 0.637. The average molecular weight is 334 g/mol. The van der Waals surface area contributed by atoms with E-state index in [1.807, 2.05) is 30.3 Å². The van der Waals surface area contributed by atoms with Crippen LogP contribution in [0.4, 0.5) is 0 Å². The van der Waals surface area contributed by atoms with E-state index in [2.05, 4.69) is 68.9 Å². The highest BCUT2D eigenvalue weighted by Crippen LogP contribution is 2.38. The number of thiol groups is 1. The number of aromatic hydroxyl groups is 1. The van der Waals surface area contributed by atoms with Gasteiger partial charge < -0.3 is 5.11 Å². The summed E-state index contributed by atoms with van der Waals surface area (Å²) in [5.41, 5.74) is 4.53. The summed E-state index contributed by atoms with van der Waals surface area (Å²) in [6, 6.07) is 24.7. The van der Waals surface area contributed by atoms with Crippen molar-refractivity contribution in [1.29, 1.82) is 0 Å². The number of rotatable bonds is 4. The first-order valence-electron chi connectivity index (χ1n) is 8.23. The topological polar surface area (TPSA) is 20.2 Å². The molecule has 1 N–H and O–H groups in total. The molecular weight excluding hydrogens is 312 g/mol. The predicted molar refractivity (Wildman–Crippen MR) is 103 cm³/mol. The van der Waals surface area contributed by atoms with Gasteiger partial charge in [0, 0.05) is 22.3 Å². The molecule has 24 heavy (non-hydrogen) atoms. The van der Waals surface area contributed by atoms with Crippen molar-refractivity contribution in [2.45, 2.75) is 30.6 Å². The van der Waals surface area contributed by atoms with Crippen molar-refractivity contribution in [3.8, 4) is 5.75 Å². The van der Waals surface area contributed by atoms with Crippen molar-refractivity contribution in [3.63, 3.8) is 0 Å². The number of hydrogen-bond donors (Lipinski definition) is 2. The molecule has 0 amide bonds. The van der Waals surface area contributed by atoms with Gasteiger partial charge in [0.25, 0.3) is 0 Å². The van der Waals surface area contributed by atoms with Gasteiger partial charge in [-0.2, -0.15) is 0 Å². The zero-order chi connectivity index (χ0) is 17.1. The van der Waals surface area contributed by atoms with E-state index in [0.29, 0.717) is 4.90 Å². The van der Waals surface area contributed by atoms with Gasteiger partial charge in [0.05, 0.1) is 0 Å². The van der Waals surface area contributed by atoms with E-state index in [1.165, 1.54) is 16.7 Å². The maximum absolute atomic E-state index is 10.5. The Labute approximate surface area is 149 Å². The minimum atomic E-state index is 0.111. The maximum Gasteiger partial charge on any atom is 0.132 e. The Morgan fingerprint density at radius 1 is 0.708 bits per heavy atom. The molecule has 122 valence electrons. The molecule has 0 aliphatic rings. The first-order chi connectivity index (χ1) is 11.6. The maximum atomic E-state index is 10.5. The Hall–Kier alpha value is -2.19.